The zero-order valence-corrected chi connectivity index (χ0v) is 7.88. The Morgan fingerprint density at radius 2 is 2.43 bits per heavy atom. The highest BCUT2D eigenvalue weighted by Crippen LogP contribution is 2.16. The number of nitrogens with one attached hydrogen (secondary N) is 1. The number of carbonyl (C=O) groups excluding carboxylic acids is 2. The van der Waals surface area contributed by atoms with E-state index in [0.29, 0.717) is 16.7 Å². The average molecular weight is 206 g/mol. The molecule has 4 nitrogen and oxygen atoms in total. The van der Waals surface area contributed by atoms with Gasteiger partial charge in [-0.3, -0.25) is 9.59 Å². The van der Waals surface area contributed by atoms with Crippen LogP contribution in [0.25, 0.3) is 0 Å². The molecule has 2 aromatic heterocycles. The molecular formula is C9H6N2O2S. The lowest BCUT2D eigenvalue weighted by Gasteiger charge is -1.93. The van der Waals surface area contributed by atoms with E-state index in [2.05, 4.69) is 9.97 Å². The number of thiophene rings is 1. The fourth-order valence-electron chi connectivity index (χ4n) is 1.12. The Morgan fingerprint density at radius 1 is 1.57 bits per heavy atom. The molecule has 70 valence electrons. The van der Waals surface area contributed by atoms with Crippen molar-refractivity contribution >= 4 is 23.4 Å². The first-order valence-corrected chi connectivity index (χ1v) is 4.77. The largest absolute Gasteiger partial charge is 0.342 e. The van der Waals surface area contributed by atoms with Crippen molar-refractivity contribution in [2.75, 3.05) is 0 Å². The van der Waals surface area contributed by atoms with E-state index in [1.165, 1.54) is 17.5 Å². The average Bonchev–Trinajstić information content (AvgIpc) is 2.87. The van der Waals surface area contributed by atoms with Crippen LogP contribution in [-0.2, 0) is 0 Å². The lowest BCUT2D eigenvalue weighted by molar-refractivity contribution is 0.102. The van der Waals surface area contributed by atoms with E-state index in [0.717, 1.165) is 0 Å². The SMILES string of the molecule is O=Cc1sccc1C(=O)c1ncc[nH]1. The van der Waals surface area contributed by atoms with Crippen molar-refractivity contribution in [2.45, 2.75) is 0 Å². The van der Waals surface area contributed by atoms with Crippen LogP contribution in [0.3, 0.4) is 0 Å². The Bertz CT molecular complexity index is 459. The zero-order chi connectivity index (χ0) is 9.97. The molecule has 2 aromatic rings. The molecule has 0 unspecified atom stereocenters. The Kier molecular flexibility index (Phi) is 2.24. The van der Waals surface area contributed by atoms with E-state index < -0.39 is 0 Å². The molecule has 0 fully saturated rings. The zero-order valence-electron chi connectivity index (χ0n) is 7.06. The number of hydrogen-bond donors (Lipinski definition) is 1. The predicted octanol–water partition coefficient (Wildman–Crippen LogP) is 1.51. The molecule has 0 saturated heterocycles. The van der Waals surface area contributed by atoms with Crippen molar-refractivity contribution in [1.82, 2.24) is 9.97 Å². The van der Waals surface area contributed by atoms with Crippen LogP contribution in [0.4, 0.5) is 0 Å². The van der Waals surface area contributed by atoms with Gasteiger partial charge in [0, 0.05) is 18.0 Å². The molecule has 0 saturated carbocycles. The third-order valence-electron chi connectivity index (χ3n) is 1.76. The minimum Gasteiger partial charge on any atom is -0.342 e. The van der Waals surface area contributed by atoms with Gasteiger partial charge in [0.1, 0.15) is 0 Å². The summed E-state index contributed by atoms with van der Waals surface area (Å²) in [5.74, 6) is 0.00449. The van der Waals surface area contributed by atoms with Crippen LogP contribution < -0.4 is 0 Å². The third-order valence-corrected chi connectivity index (χ3v) is 2.60. The van der Waals surface area contributed by atoms with Gasteiger partial charge in [0.25, 0.3) is 0 Å². The molecule has 0 radical (unpaired) electrons. The predicted molar refractivity (Wildman–Crippen MR) is 51.7 cm³/mol. The van der Waals surface area contributed by atoms with Gasteiger partial charge in [0.05, 0.1) is 4.88 Å². The van der Waals surface area contributed by atoms with Gasteiger partial charge in [0.15, 0.2) is 12.1 Å². The number of aromatic amines is 1. The lowest BCUT2D eigenvalue weighted by Crippen LogP contribution is -2.04. The standard InChI is InChI=1S/C9H6N2O2S/c12-5-7-6(1-4-14-7)8(13)9-10-2-3-11-9/h1-5H,(H,10,11). The van der Waals surface area contributed by atoms with Gasteiger partial charge in [-0.15, -0.1) is 11.3 Å². The highest BCUT2D eigenvalue weighted by molar-refractivity contribution is 7.12. The van der Waals surface area contributed by atoms with Gasteiger partial charge in [-0.05, 0) is 11.4 Å². The Hall–Kier alpha value is -1.75. The van der Waals surface area contributed by atoms with Crippen molar-refractivity contribution in [3.05, 3.63) is 40.1 Å². The maximum Gasteiger partial charge on any atom is 0.229 e. The number of H-pyrrole nitrogens is 1. The summed E-state index contributed by atoms with van der Waals surface area (Å²) in [5.41, 5.74) is 0.403. The maximum absolute atomic E-state index is 11.7. The van der Waals surface area contributed by atoms with Gasteiger partial charge in [0.2, 0.25) is 5.78 Å². The van der Waals surface area contributed by atoms with Crippen LogP contribution in [0.15, 0.2) is 23.8 Å². The van der Waals surface area contributed by atoms with E-state index >= 15 is 0 Å². The van der Waals surface area contributed by atoms with Crippen LogP contribution in [0.5, 0.6) is 0 Å². The molecule has 0 bridgehead atoms. The quantitative estimate of drug-likeness (QED) is 0.611. The fourth-order valence-corrected chi connectivity index (χ4v) is 1.81. The summed E-state index contributed by atoms with van der Waals surface area (Å²) >= 11 is 1.24. The van der Waals surface area contributed by atoms with Crippen LogP contribution in [-0.4, -0.2) is 22.0 Å². The molecule has 0 amide bonds. The van der Waals surface area contributed by atoms with Crippen LogP contribution in [0, 0.1) is 0 Å². The van der Waals surface area contributed by atoms with Gasteiger partial charge in [-0.1, -0.05) is 0 Å². The van der Waals surface area contributed by atoms with Gasteiger partial charge < -0.3 is 4.98 Å². The number of imidazole rings is 1. The Balaban J connectivity index is 2.41. The first kappa shape index (κ1) is 8.83. The molecule has 0 aliphatic carbocycles. The van der Waals surface area contributed by atoms with Crippen molar-refractivity contribution in [3.8, 4) is 0 Å². The van der Waals surface area contributed by atoms with E-state index in [-0.39, 0.29) is 11.6 Å². The second-order valence-corrected chi connectivity index (χ2v) is 3.53. The van der Waals surface area contributed by atoms with Crippen molar-refractivity contribution in [2.24, 2.45) is 0 Å². The minimum absolute atomic E-state index is 0.252. The summed E-state index contributed by atoms with van der Waals surface area (Å²) in [6, 6.07) is 1.62. The maximum atomic E-state index is 11.7. The van der Waals surface area contributed by atoms with Crippen molar-refractivity contribution < 1.29 is 9.59 Å². The summed E-state index contributed by atoms with van der Waals surface area (Å²) in [6.07, 6.45) is 3.75. The van der Waals surface area contributed by atoms with Crippen LogP contribution in [0.2, 0.25) is 0 Å². The normalized spacial score (nSPS) is 10.0. The molecule has 14 heavy (non-hydrogen) atoms. The number of hydrogen-bond acceptors (Lipinski definition) is 4. The molecule has 1 N–H and O–H groups in total. The number of nitrogens with zero attached hydrogens (tertiary/aromatic N) is 1. The number of ketones is 1. The Labute approximate surface area is 83.6 Å². The van der Waals surface area contributed by atoms with Crippen molar-refractivity contribution in [1.29, 1.82) is 0 Å². The fraction of sp³-hybridized carbons (Fsp3) is 0. The molecule has 0 aromatic carbocycles. The third kappa shape index (κ3) is 1.38. The number of aldehydes is 1. The summed E-state index contributed by atoms with van der Waals surface area (Å²) in [5, 5.41) is 1.71. The Morgan fingerprint density at radius 3 is 3.07 bits per heavy atom. The summed E-state index contributed by atoms with van der Waals surface area (Å²) in [6.45, 7) is 0. The summed E-state index contributed by atoms with van der Waals surface area (Å²) in [4.78, 5) is 29.3. The molecular weight excluding hydrogens is 200 g/mol. The first-order chi connectivity index (χ1) is 6.83. The van der Waals surface area contributed by atoms with Crippen LogP contribution in [0.1, 0.15) is 25.9 Å². The van der Waals surface area contributed by atoms with Gasteiger partial charge in [-0.25, -0.2) is 4.98 Å². The summed E-state index contributed by atoms with van der Waals surface area (Å²) in [7, 11) is 0. The highest BCUT2D eigenvalue weighted by atomic mass is 32.1. The topological polar surface area (TPSA) is 62.8 Å². The molecule has 0 aliphatic rings. The number of carbonyl (C=O) groups is 2. The second kappa shape index (κ2) is 3.55. The molecule has 5 heteroatoms. The van der Waals surface area contributed by atoms with E-state index in [1.54, 1.807) is 17.6 Å². The van der Waals surface area contributed by atoms with Gasteiger partial charge >= 0.3 is 0 Å². The van der Waals surface area contributed by atoms with Crippen LogP contribution >= 0.6 is 11.3 Å². The molecule has 2 heterocycles. The molecule has 0 spiro atoms. The summed E-state index contributed by atoms with van der Waals surface area (Å²) < 4.78 is 0. The van der Waals surface area contributed by atoms with Crippen molar-refractivity contribution in [3.63, 3.8) is 0 Å². The smallest absolute Gasteiger partial charge is 0.229 e. The molecule has 0 aliphatic heterocycles. The monoisotopic (exact) mass is 206 g/mol. The van der Waals surface area contributed by atoms with E-state index in [1.807, 2.05) is 0 Å². The molecule has 0 atom stereocenters. The number of aromatic nitrogens is 2. The van der Waals surface area contributed by atoms with Gasteiger partial charge in [-0.2, -0.15) is 0 Å². The second-order valence-electron chi connectivity index (χ2n) is 2.58. The first-order valence-electron chi connectivity index (χ1n) is 3.89. The van der Waals surface area contributed by atoms with E-state index in [4.69, 9.17) is 0 Å². The highest BCUT2D eigenvalue weighted by Gasteiger charge is 2.15. The molecule has 2 rings (SSSR count). The van der Waals surface area contributed by atoms with E-state index in [9.17, 15) is 9.59 Å². The minimum atomic E-state index is -0.252. The lowest BCUT2D eigenvalue weighted by atomic mass is 10.1. The number of rotatable bonds is 3.